The van der Waals surface area contributed by atoms with Gasteiger partial charge in [0.05, 0.1) is 0 Å². The fourth-order valence-electron chi connectivity index (χ4n) is 12.0. The van der Waals surface area contributed by atoms with Gasteiger partial charge in [0.15, 0.2) is 6.10 Å². The van der Waals surface area contributed by atoms with Gasteiger partial charge in [-0.25, -0.2) is 0 Å². The monoisotopic (exact) mass is 1170 g/mol. The molecule has 0 saturated carbocycles. The molecule has 492 valence electrons. The van der Waals surface area contributed by atoms with Crippen LogP contribution in [0.4, 0.5) is 0 Å². The van der Waals surface area contributed by atoms with Crippen LogP contribution in [0.2, 0.25) is 0 Å². The van der Waals surface area contributed by atoms with Crippen LogP contribution in [-0.2, 0) is 28.6 Å². The second-order valence-electron chi connectivity index (χ2n) is 26.3. The van der Waals surface area contributed by atoms with E-state index in [0.717, 1.165) is 57.8 Å². The second kappa shape index (κ2) is 72.6. The van der Waals surface area contributed by atoms with Crippen molar-refractivity contribution in [3.05, 3.63) is 12.2 Å². The first-order chi connectivity index (χ1) is 41.0. The van der Waals surface area contributed by atoms with Crippen molar-refractivity contribution in [2.24, 2.45) is 0 Å². The summed E-state index contributed by atoms with van der Waals surface area (Å²) < 4.78 is 16.9. The van der Waals surface area contributed by atoms with Gasteiger partial charge in [-0.2, -0.15) is 0 Å². The van der Waals surface area contributed by atoms with Crippen molar-refractivity contribution in [3.63, 3.8) is 0 Å². The lowest BCUT2D eigenvalue weighted by atomic mass is 10.0. The fourth-order valence-corrected chi connectivity index (χ4v) is 12.0. The number of allylic oxidation sites excluding steroid dienone is 2. The van der Waals surface area contributed by atoms with Crippen molar-refractivity contribution >= 4 is 17.9 Å². The molecule has 0 radical (unpaired) electrons. The summed E-state index contributed by atoms with van der Waals surface area (Å²) in [5.41, 5.74) is 0. The number of hydrogen-bond acceptors (Lipinski definition) is 6. The van der Waals surface area contributed by atoms with Gasteiger partial charge in [-0.1, -0.05) is 392 Å². The summed E-state index contributed by atoms with van der Waals surface area (Å²) in [5, 5.41) is 0. The van der Waals surface area contributed by atoms with Gasteiger partial charge in [-0.3, -0.25) is 14.4 Å². The topological polar surface area (TPSA) is 78.9 Å². The van der Waals surface area contributed by atoms with Crippen LogP contribution < -0.4 is 0 Å². The summed E-state index contributed by atoms with van der Waals surface area (Å²) in [6.45, 7) is 6.69. The molecule has 0 aliphatic rings. The highest BCUT2D eigenvalue weighted by atomic mass is 16.6. The van der Waals surface area contributed by atoms with Gasteiger partial charge < -0.3 is 14.2 Å². The minimum absolute atomic E-state index is 0.0626. The Labute approximate surface area is 520 Å². The Balaban J connectivity index is 3.95. The molecule has 0 bridgehead atoms. The van der Waals surface area contributed by atoms with Gasteiger partial charge in [-0.05, 0) is 44.9 Å². The molecule has 0 amide bonds. The number of hydrogen-bond donors (Lipinski definition) is 0. The number of unbranched alkanes of at least 4 members (excludes halogenated alkanes) is 59. The summed E-state index contributed by atoms with van der Waals surface area (Å²) in [5.74, 6) is -0.834. The first-order valence-corrected chi connectivity index (χ1v) is 38.2. The molecule has 0 N–H and O–H groups in total. The third-order valence-electron chi connectivity index (χ3n) is 17.8. The van der Waals surface area contributed by atoms with E-state index in [-0.39, 0.29) is 31.1 Å². The van der Waals surface area contributed by atoms with Gasteiger partial charge >= 0.3 is 17.9 Å². The molecule has 0 fully saturated rings. The zero-order valence-electron chi connectivity index (χ0n) is 56.8. The smallest absolute Gasteiger partial charge is 0.306 e. The van der Waals surface area contributed by atoms with Crippen LogP contribution in [0.15, 0.2) is 12.2 Å². The molecule has 1 unspecified atom stereocenters. The minimum Gasteiger partial charge on any atom is -0.462 e. The Kier molecular flexibility index (Phi) is 71.0. The standard InChI is InChI=1S/C77H148O6/c1-4-7-10-13-16-18-20-22-24-26-28-30-32-34-36-37-38-39-41-42-44-46-48-50-52-54-56-58-61-64-67-70-76(79)82-73-74(72-81-75(78)69-66-63-60-15-12-9-6-3)83-77(80)71-68-65-62-59-57-55-53-51-49-47-45-43-40-35-33-31-29-27-25-23-21-19-17-14-11-8-5-2/h26,28,74H,4-25,27,29-73H2,1-3H3/b28-26-. The van der Waals surface area contributed by atoms with E-state index < -0.39 is 6.10 Å². The average Bonchev–Trinajstić information content (AvgIpc) is 3.50. The molecule has 1 atom stereocenters. The van der Waals surface area contributed by atoms with E-state index in [1.165, 1.54) is 347 Å². The van der Waals surface area contributed by atoms with E-state index >= 15 is 0 Å². The van der Waals surface area contributed by atoms with Crippen LogP contribution in [0, 0.1) is 0 Å². The summed E-state index contributed by atoms with van der Waals surface area (Å²) in [6.07, 6.45) is 88.8. The average molecular weight is 1170 g/mol. The van der Waals surface area contributed by atoms with Gasteiger partial charge in [0, 0.05) is 19.3 Å². The van der Waals surface area contributed by atoms with E-state index in [2.05, 4.69) is 32.9 Å². The molecule has 6 nitrogen and oxygen atoms in total. The van der Waals surface area contributed by atoms with Crippen molar-refractivity contribution in [3.8, 4) is 0 Å². The molecule has 0 saturated heterocycles. The number of rotatable bonds is 72. The third-order valence-corrected chi connectivity index (χ3v) is 17.8. The molecule has 0 aliphatic heterocycles. The predicted octanol–water partition coefficient (Wildman–Crippen LogP) is 26.3. The van der Waals surface area contributed by atoms with E-state index in [0.29, 0.717) is 19.3 Å². The molecule has 0 spiro atoms. The predicted molar refractivity (Wildman–Crippen MR) is 363 cm³/mol. The number of ether oxygens (including phenoxy) is 3. The number of esters is 3. The summed E-state index contributed by atoms with van der Waals surface area (Å²) in [6, 6.07) is 0. The first-order valence-electron chi connectivity index (χ1n) is 38.2. The molecule has 0 heterocycles. The zero-order chi connectivity index (χ0) is 59.9. The van der Waals surface area contributed by atoms with Gasteiger partial charge in [-0.15, -0.1) is 0 Å². The maximum Gasteiger partial charge on any atom is 0.306 e. The molecular formula is C77H148O6. The second-order valence-corrected chi connectivity index (χ2v) is 26.3. The molecule has 0 aromatic heterocycles. The normalized spacial score (nSPS) is 12.0. The Bertz CT molecular complexity index is 1300. The summed E-state index contributed by atoms with van der Waals surface area (Å²) in [4.78, 5) is 38.2. The Hall–Kier alpha value is -1.85. The summed E-state index contributed by atoms with van der Waals surface area (Å²) in [7, 11) is 0. The SMILES string of the molecule is CCCCCCCCCC/C=C\CCCCCCCCCCCCCCCCCCCCCC(=O)OCC(COC(=O)CCCCCCCCC)OC(=O)CCCCCCCCCCCCCCCCCCCCCCCCCCCCC. The highest BCUT2D eigenvalue weighted by molar-refractivity contribution is 5.71. The van der Waals surface area contributed by atoms with Gasteiger partial charge in [0.25, 0.3) is 0 Å². The van der Waals surface area contributed by atoms with Crippen molar-refractivity contribution in [2.75, 3.05) is 13.2 Å². The van der Waals surface area contributed by atoms with Crippen LogP contribution in [0.3, 0.4) is 0 Å². The van der Waals surface area contributed by atoms with E-state index in [1.807, 2.05) is 0 Å². The lowest BCUT2D eigenvalue weighted by Gasteiger charge is -2.18. The van der Waals surface area contributed by atoms with E-state index in [1.54, 1.807) is 0 Å². The fraction of sp³-hybridized carbons (Fsp3) is 0.935. The maximum atomic E-state index is 12.9. The highest BCUT2D eigenvalue weighted by Gasteiger charge is 2.20. The lowest BCUT2D eigenvalue weighted by molar-refractivity contribution is -0.167. The van der Waals surface area contributed by atoms with Crippen LogP contribution in [0.5, 0.6) is 0 Å². The van der Waals surface area contributed by atoms with Gasteiger partial charge in [0.1, 0.15) is 13.2 Å². The van der Waals surface area contributed by atoms with Crippen molar-refractivity contribution in [1.82, 2.24) is 0 Å². The molecule has 0 rings (SSSR count). The minimum atomic E-state index is -0.764. The number of carbonyl (C=O) groups excluding carboxylic acids is 3. The number of carbonyl (C=O) groups is 3. The van der Waals surface area contributed by atoms with Crippen LogP contribution in [-0.4, -0.2) is 37.2 Å². The van der Waals surface area contributed by atoms with Crippen LogP contribution >= 0.6 is 0 Å². The van der Waals surface area contributed by atoms with E-state index in [9.17, 15) is 14.4 Å². The zero-order valence-corrected chi connectivity index (χ0v) is 56.8. The first kappa shape index (κ1) is 81.2. The van der Waals surface area contributed by atoms with Crippen LogP contribution in [0.25, 0.3) is 0 Å². The molecule has 83 heavy (non-hydrogen) atoms. The van der Waals surface area contributed by atoms with Crippen molar-refractivity contribution in [1.29, 1.82) is 0 Å². The maximum absolute atomic E-state index is 12.9. The Morgan fingerprint density at radius 3 is 0.602 bits per heavy atom. The van der Waals surface area contributed by atoms with Crippen molar-refractivity contribution in [2.45, 2.75) is 451 Å². The quantitative estimate of drug-likeness (QED) is 0.0261. The third kappa shape index (κ3) is 70.8. The molecule has 0 aromatic carbocycles. The molecule has 6 heteroatoms. The largest absolute Gasteiger partial charge is 0.462 e. The highest BCUT2D eigenvalue weighted by Crippen LogP contribution is 2.20. The lowest BCUT2D eigenvalue weighted by Crippen LogP contribution is -2.30. The Morgan fingerprint density at radius 2 is 0.398 bits per heavy atom. The van der Waals surface area contributed by atoms with E-state index in [4.69, 9.17) is 14.2 Å². The Morgan fingerprint density at radius 1 is 0.229 bits per heavy atom. The molecular weight excluding hydrogens is 1020 g/mol. The summed E-state index contributed by atoms with van der Waals surface area (Å²) >= 11 is 0. The van der Waals surface area contributed by atoms with Crippen LogP contribution in [0.1, 0.15) is 445 Å². The molecule has 0 aromatic rings. The van der Waals surface area contributed by atoms with Gasteiger partial charge in [0.2, 0.25) is 0 Å². The molecule has 0 aliphatic carbocycles. The van der Waals surface area contributed by atoms with Crippen molar-refractivity contribution < 1.29 is 28.6 Å².